The zero-order valence-electron chi connectivity index (χ0n) is 7.90. The lowest BCUT2D eigenvalue weighted by molar-refractivity contribution is -0.153. The average molecular weight is 235 g/mol. The molecule has 0 aliphatic carbocycles. The van der Waals surface area contributed by atoms with Gasteiger partial charge in [-0.1, -0.05) is 5.16 Å². The number of hydrogen-bond donors (Lipinski definition) is 2. The van der Waals surface area contributed by atoms with Crippen LogP contribution in [0.5, 0.6) is 5.75 Å². The summed E-state index contributed by atoms with van der Waals surface area (Å²) in [6.07, 6.45) is -3.17. The third-order valence-corrected chi connectivity index (χ3v) is 1.51. The molecule has 0 atom stereocenters. The fraction of sp³-hybridized carbons (Fsp3) is 0.250. The van der Waals surface area contributed by atoms with Crippen molar-refractivity contribution >= 4 is 5.84 Å². The summed E-state index contributed by atoms with van der Waals surface area (Å²) in [4.78, 5) is 3.64. The van der Waals surface area contributed by atoms with Crippen molar-refractivity contribution in [2.45, 2.75) is 6.18 Å². The minimum absolute atomic E-state index is 0.144. The highest BCUT2D eigenvalue weighted by Gasteiger charge is 2.29. The second-order valence-corrected chi connectivity index (χ2v) is 2.74. The van der Waals surface area contributed by atoms with Crippen LogP contribution in [0.25, 0.3) is 0 Å². The third kappa shape index (κ3) is 3.30. The van der Waals surface area contributed by atoms with Crippen molar-refractivity contribution in [3.63, 3.8) is 0 Å². The molecule has 16 heavy (non-hydrogen) atoms. The Balaban J connectivity index is 2.88. The molecule has 1 heterocycles. The molecule has 0 bridgehead atoms. The van der Waals surface area contributed by atoms with E-state index in [-0.39, 0.29) is 11.4 Å². The largest absolute Gasteiger partial charge is 0.482 e. The zero-order chi connectivity index (χ0) is 12.2. The number of hydrogen-bond acceptors (Lipinski definition) is 4. The third-order valence-electron chi connectivity index (χ3n) is 1.51. The molecule has 1 aromatic heterocycles. The molecule has 0 amide bonds. The number of rotatable bonds is 3. The van der Waals surface area contributed by atoms with Gasteiger partial charge in [0.15, 0.2) is 18.1 Å². The summed E-state index contributed by atoms with van der Waals surface area (Å²) in [7, 11) is 0. The molecule has 1 rings (SSSR count). The smallest absolute Gasteiger partial charge is 0.422 e. The lowest BCUT2D eigenvalue weighted by Gasteiger charge is -2.11. The van der Waals surface area contributed by atoms with E-state index < -0.39 is 18.6 Å². The molecule has 0 radical (unpaired) electrons. The minimum Gasteiger partial charge on any atom is -0.482 e. The van der Waals surface area contributed by atoms with Crippen LogP contribution in [0, 0.1) is 0 Å². The highest BCUT2D eigenvalue weighted by Crippen LogP contribution is 2.20. The van der Waals surface area contributed by atoms with Gasteiger partial charge in [-0.2, -0.15) is 13.2 Å². The maximum Gasteiger partial charge on any atom is 0.422 e. The molecule has 3 N–H and O–H groups in total. The van der Waals surface area contributed by atoms with Gasteiger partial charge in [-0.05, 0) is 12.1 Å². The van der Waals surface area contributed by atoms with Gasteiger partial charge in [0.05, 0.1) is 0 Å². The number of oxime groups is 1. The van der Waals surface area contributed by atoms with E-state index in [0.717, 1.165) is 0 Å². The lowest BCUT2D eigenvalue weighted by atomic mass is 10.3. The summed E-state index contributed by atoms with van der Waals surface area (Å²) >= 11 is 0. The van der Waals surface area contributed by atoms with Crippen molar-refractivity contribution in [1.29, 1.82) is 0 Å². The molecule has 1 aromatic rings. The van der Waals surface area contributed by atoms with E-state index in [1.807, 2.05) is 0 Å². The Kier molecular flexibility index (Phi) is 3.54. The Hall–Kier alpha value is -1.99. The van der Waals surface area contributed by atoms with Gasteiger partial charge in [0.2, 0.25) is 0 Å². The molecule has 88 valence electrons. The summed E-state index contributed by atoms with van der Waals surface area (Å²) < 4.78 is 40.2. The fourth-order valence-electron chi connectivity index (χ4n) is 0.906. The normalized spacial score (nSPS) is 12.6. The van der Waals surface area contributed by atoms with Gasteiger partial charge >= 0.3 is 6.18 Å². The number of aromatic nitrogens is 1. The molecule has 8 heteroatoms. The number of nitrogens with zero attached hydrogens (tertiary/aromatic N) is 2. The standard InChI is InChI=1S/C8H8F3N3O2/c9-8(10,11)4-16-5-2-1-3-13-6(5)7(12)14-15/h1-3,15H,4H2,(H2,12,14). The first-order chi connectivity index (χ1) is 7.44. The Bertz CT molecular complexity index is 392. The molecule has 0 fully saturated rings. The van der Waals surface area contributed by atoms with E-state index in [4.69, 9.17) is 10.9 Å². The van der Waals surface area contributed by atoms with Crippen LogP contribution in [-0.4, -0.2) is 28.8 Å². The van der Waals surface area contributed by atoms with E-state index in [9.17, 15) is 13.2 Å². The van der Waals surface area contributed by atoms with Crippen LogP contribution in [0.2, 0.25) is 0 Å². The molecule has 0 spiro atoms. The lowest BCUT2D eigenvalue weighted by Crippen LogP contribution is -2.22. The number of pyridine rings is 1. The number of alkyl halides is 3. The molecule has 0 saturated heterocycles. The number of halogens is 3. The first kappa shape index (κ1) is 12.1. The number of nitrogens with two attached hydrogens (primary N) is 1. The van der Waals surface area contributed by atoms with E-state index in [0.29, 0.717) is 0 Å². The topological polar surface area (TPSA) is 80.7 Å². The molecule has 0 aliphatic heterocycles. The van der Waals surface area contributed by atoms with Crippen molar-refractivity contribution < 1.29 is 23.1 Å². The SMILES string of the molecule is N/C(=N/O)c1ncccc1OCC(F)(F)F. The maximum atomic E-state index is 11.9. The Morgan fingerprint density at radius 2 is 2.25 bits per heavy atom. The maximum absolute atomic E-state index is 11.9. The van der Waals surface area contributed by atoms with Crippen LogP contribution in [0.4, 0.5) is 13.2 Å². The van der Waals surface area contributed by atoms with Crippen LogP contribution < -0.4 is 10.5 Å². The molecule has 0 aromatic carbocycles. The number of amidine groups is 1. The molecule has 5 nitrogen and oxygen atoms in total. The molecular weight excluding hydrogens is 227 g/mol. The van der Waals surface area contributed by atoms with Crippen molar-refractivity contribution in [3.8, 4) is 5.75 Å². The van der Waals surface area contributed by atoms with Crippen LogP contribution in [-0.2, 0) is 0 Å². The highest BCUT2D eigenvalue weighted by molar-refractivity contribution is 5.97. The van der Waals surface area contributed by atoms with Crippen molar-refractivity contribution in [2.75, 3.05) is 6.61 Å². The minimum atomic E-state index is -4.46. The predicted molar refractivity (Wildman–Crippen MR) is 48.3 cm³/mol. The number of ether oxygens (including phenoxy) is 1. The summed E-state index contributed by atoms with van der Waals surface area (Å²) in [6.45, 7) is -1.47. The highest BCUT2D eigenvalue weighted by atomic mass is 19.4. The molecule has 0 unspecified atom stereocenters. The van der Waals surface area contributed by atoms with Gasteiger partial charge < -0.3 is 15.7 Å². The first-order valence-electron chi connectivity index (χ1n) is 4.06. The van der Waals surface area contributed by atoms with Gasteiger partial charge in [-0.25, -0.2) is 4.98 Å². The summed E-state index contributed by atoms with van der Waals surface area (Å²) in [5, 5.41) is 11.0. The molecule has 0 saturated carbocycles. The van der Waals surface area contributed by atoms with Gasteiger partial charge in [0, 0.05) is 6.20 Å². The van der Waals surface area contributed by atoms with Crippen LogP contribution in [0.3, 0.4) is 0 Å². The Labute approximate surface area is 88.3 Å². The van der Waals surface area contributed by atoms with E-state index >= 15 is 0 Å². The van der Waals surface area contributed by atoms with Crippen LogP contribution in [0.1, 0.15) is 5.69 Å². The van der Waals surface area contributed by atoms with Crippen LogP contribution in [0.15, 0.2) is 23.5 Å². The summed E-state index contributed by atoms with van der Waals surface area (Å²) in [5.41, 5.74) is 5.07. The van der Waals surface area contributed by atoms with E-state index in [1.165, 1.54) is 18.3 Å². The Morgan fingerprint density at radius 1 is 1.56 bits per heavy atom. The second-order valence-electron chi connectivity index (χ2n) is 2.74. The Morgan fingerprint density at radius 3 is 2.81 bits per heavy atom. The van der Waals surface area contributed by atoms with Crippen LogP contribution >= 0.6 is 0 Å². The average Bonchev–Trinajstić information content (AvgIpc) is 2.25. The zero-order valence-corrected chi connectivity index (χ0v) is 7.90. The van der Waals surface area contributed by atoms with Crippen molar-refractivity contribution in [2.24, 2.45) is 10.9 Å². The first-order valence-corrected chi connectivity index (χ1v) is 4.06. The second kappa shape index (κ2) is 4.69. The molecule has 0 aliphatic rings. The van der Waals surface area contributed by atoms with E-state index in [1.54, 1.807) is 0 Å². The molecular formula is C8H8F3N3O2. The fourth-order valence-corrected chi connectivity index (χ4v) is 0.906. The van der Waals surface area contributed by atoms with Crippen molar-refractivity contribution in [3.05, 3.63) is 24.0 Å². The summed E-state index contributed by atoms with van der Waals surface area (Å²) in [6, 6.07) is 2.62. The quantitative estimate of drug-likeness (QED) is 0.356. The monoisotopic (exact) mass is 235 g/mol. The van der Waals surface area contributed by atoms with E-state index in [2.05, 4.69) is 14.9 Å². The van der Waals surface area contributed by atoms with Gasteiger partial charge in [-0.3, -0.25) is 0 Å². The predicted octanol–water partition coefficient (Wildman–Crippen LogP) is 1.12. The summed E-state index contributed by atoms with van der Waals surface area (Å²) in [5.74, 6) is -0.618. The van der Waals surface area contributed by atoms with Gasteiger partial charge in [-0.15, -0.1) is 0 Å². The van der Waals surface area contributed by atoms with Gasteiger partial charge in [0.1, 0.15) is 5.75 Å². The van der Waals surface area contributed by atoms with Gasteiger partial charge in [0.25, 0.3) is 0 Å². The van der Waals surface area contributed by atoms with Crippen molar-refractivity contribution in [1.82, 2.24) is 4.98 Å².